The molecule has 0 fully saturated rings. The number of methoxy groups -OCH3 is 2. The molecule has 1 aromatic rings. The Bertz CT molecular complexity index is 502. The lowest BCUT2D eigenvalue weighted by Crippen LogP contribution is -2.04. The van der Waals surface area contributed by atoms with E-state index in [-0.39, 0.29) is 5.56 Å². The van der Waals surface area contributed by atoms with Gasteiger partial charge in [0, 0.05) is 0 Å². The van der Waals surface area contributed by atoms with E-state index in [1.807, 2.05) is 0 Å². The number of hydrogen-bond donors (Lipinski definition) is 1. The van der Waals surface area contributed by atoms with Gasteiger partial charge >= 0.3 is 5.97 Å². The van der Waals surface area contributed by atoms with Gasteiger partial charge in [0.05, 0.1) is 26.4 Å². The van der Waals surface area contributed by atoms with Crippen LogP contribution < -0.4 is 14.2 Å². The van der Waals surface area contributed by atoms with Crippen LogP contribution in [0.3, 0.4) is 0 Å². The smallest absolute Gasteiger partial charge is 0.335 e. The summed E-state index contributed by atoms with van der Waals surface area (Å²) in [6, 6.07) is 2.91. The van der Waals surface area contributed by atoms with Gasteiger partial charge in [0.2, 0.25) is 5.75 Å². The number of hydrogen-bond acceptors (Lipinski definition) is 4. The number of aromatic carboxylic acids is 1. The first kappa shape index (κ1) is 22.1. The largest absolute Gasteiger partial charge is 0.493 e. The third-order valence-electron chi connectivity index (χ3n) is 4.45. The molecule has 0 aliphatic rings. The Morgan fingerprint density at radius 3 is 1.73 bits per heavy atom. The molecule has 0 spiro atoms. The van der Waals surface area contributed by atoms with E-state index in [1.54, 1.807) is 0 Å². The van der Waals surface area contributed by atoms with Crippen LogP contribution in [0.1, 0.15) is 81.5 Å². The molecule has 148 valence electrons. The van der Waals surface area contributed by atoms with Gasteiger partial charge in [-0.05, 0) is 18.6 Å². The SMILES string of the molecule is CCCCCCCCCCCCOc1c(OC)cc(C(=O)O)cc1OC. The highest BCUT2D eigenvalue weighted by molar-refractivity contribution is 5.89. The number of rotatable bonds is 15. The van der Waals surface area contributed by atoms with Crippen molar-refractivity contribution in [3.05, 3.63) is 17.7 Å². The van der Waals surface area contributed by atoms with Crippen molar-refractivity contribution in [3.8, 4) is 17.2 Å². The van der Waals surface area contributed by atoms with Crippen LogP contribution in [0.25, 0.3) is 0 Å². The van der Waals surface area contributed by atoms with Crippen molar-refractivity contribution in [2.75, 3.05) is 20.8 Å². The van der Waals surface area contributed by atoms with Crippen LogP contribution in [0.15, 0.2) is 12.1 Å². The minimum absolute atomic E-state index is 0.116. The van der Waals surface area contributed by atoms with E-state index in [1.165, 1.54) is 77.7 Å². The van der Waals surface area contributed by atoms with Gasteiger partial charge in [-0.15, -0.1) is 0 Å². The number of ether oxygens (including phenoxy) is 3. The first-order valence-corrected chi connectivity index (χ1v) is 9.76. The number of carbonyl (C=O) groups is 1. The Morgan fingerprint density at radius 1 is 0.846 bits per heavy atom. The molecule has 0 atom stereocenters. The second-order valence-corrected chi connectivity index (χ2v) is 6.55. The quantitative estimate of drug-likeness (QED) is 0.403. The average Bonchev–Trinajstić information content (AvgIpc) is 2.65. The van der Waals surface area contributed by atoms with E-state index in [0.29, 0.717) is 23.9 Å². The number of benzene rings is 1. The molecule has 0 aliphatic heterocycles. The summed E-state index contributed by atoms with van der Waals surface area (Å²) in [5.74, 6) is 0.210. The van der Waals surface area contributed by atoms with Crippen LogP contribution in [0, 0.1) is 0 Å². The van der Waals surface area contributed by atoms with Gasteiger partial charge in [0.25, 0.3) is 0 Å². The lowest BCUT2D eigenvalue weighted by Gasteiger charge is -2.15. The Labute approximate surface area is 157 Å². The van der Waals surface area contributed by atoms with Crippen molar-refractivity contribution < 1.29 is 24.1 Å². The highest BCUT2D eigenvalue weighted by Gasteiger charge is 2.17. The summed E-state index contributed by atoms with van der Waals surface area (Å²) in [4.78, 5) is 11.2. The molecular weight excluding hydrogens is 332 g/mol. The summed E-state index contributed by atoms with van der Waals surface area (Å²) >= 11 is 0. The van der Waals surface area contributed by atoms with Crippen LogP contribution >= 0.6 is 0 Å². The summed E-state index contributed by atoms with van der Waals surface area (Å²) in [6.45, 7) is 2.81. The molecule has 26 heavy (non-hydrogen) atoms. The van der Waals surface area contributed by atoms with Crippen molar-refractivity contribution >= 4 is 5.97 Å². The maximum absolute atomic E-state index is 11.2. The monoisotopic (exact) mass is 366 g/mol. The fourth-order valence-electron chi connectivity index (χ4n) is 2.91. The second-order valence-electron chi connectivity index (χ2n) is 6.55. The molecule has 0 saturated heterocycles. The zero-order valence-corrected chi connectivity index (χ0v) is 16.5. The minimum atomic E-state index is -1.03. The summed E-state index contributed by atoms with van der Waals surface area (Å²) in [7, 11) is 2.99. The maximum atomic E-state index is 11.2. The zero-order valence-electron chi connectivity index (χ0n) is 16.5. The lowest BCUT2D eigenvalue weighted by molar-refractivity contribution is 0.0696. The normalized spacial score (nSPS) is 10.6. The second kappa shape index (κ2) is 13.3. The van der Waals surface area contributed by atoms with E-state index in [2.05, 4.69) is 6.92 Å². The Kier molecular flexibility index (Phi) is 11.3. The van der Waals surface area contributed by atoms with E-state index < -0.39 is 5.97 Å². The molecule has 0 unspecified atom stereocenters. The highest BCUT2D eigenvalue weighted by Crippen LogP contribution is 2.38. The first-order chi connectivity index (χ1) is 12.6. The molecule has 1 rings (SSSR count). The molecular formula is C21H34O5. The zero-order chi connectivity index (χ0) is 19.2. The van der Waals surface area contributed by atoms with Gasteiger partial charge in [-0.2, -0.15) is 0 Å². The van der Waals surface area contributed by atoms with Gasteiger partial charge in [-0.25, -0.2) is 4.79 Å². The molecule has 0 aromatic heterocycles. The van der Waals surface area contributed by atoms with Crippen LogP contribution in [0.2, 0.25) is 0 Å². The summed E-state index contributed by atoms with van der Waals surface area (Å²) in [5.41, 5.74) is 0.116. The standard InChI is InChI=1S/C21H34O5/c1-4-5-6-7-8-9-10-11-12-13-14-26-20-18(24-2)15-17(21(22)23)16-19(20)25-3/h15-16H,4-14H2,1-3H3,(H,22,23). The number of carboxylic acids is 1. The average molecular weight is 366 g/mol. The van der Waals surface area contributed by atoms with E-state index >= 15 is 0 Å². The molecule has 0 amide bonds. The predicted molar refractivity (Wildman–Crippen MR) is 104 cm³/mol. The van der Waals surface area contributed by atoms with Gasteiger partial charge in [-0.3, -0.25) is 0 Å². The number of carboxylic acid groups (broad SMARTS) is 1. The van der Waals surface area contributed by atoms with Crippen molar-refractivity contribution in [3.63, 3.8) is 0 Å². The molecule has 1 aromatic carbocycles. The topological polar surface area (TPSA) is 65.0 Å². The number of unbranched alkanes of at least 4 members (excludes halogenated alkanes) is 9. The molecule has 5 heteroatoms. The van der Waals surface area contributed by atoms with Crippen LogP contribution in [-0.2, 0) is 0 Å². The van der Waals surface area contributed by atoms with Gasteiger partial charge < -0.3 is 19.3 Å². The van der Waals surface area contributed by atoms with Crippen LogP contribution in [0.4, 0.5) is 0 Å². The molecule has 5 nitrogen and oxygen atoms in total. The molecule has 0 aliphatic carbocycles. The molecule has 1 N–H and O–H groups in total. The van der Waals surface area contributed by atoms with Gasteiger partial charge in [-0.1, -0.05) is 64.7 Å². The summed E-state index contributed by atoms with van der Waals surface area (Å²) in [5, 5.41) is 9.14. The van der Waals surface area contributed by atoms with Crippen LogP contribution in [-0.4, -0.2) is 31.9 Å². The van der Waals surface area contributed by atoms with Crippen molar-refractivity contribution in [1.82, 2.24) is 0 Å². The fourth-order valence-corrected chi connectivity index (χ4v) is 2.91. The van der Waals surface area contributed by atoms with E-state index in [9.17, 15) is 4.79 Å². The van der Waals surface area contributed by atoms with Crippen molar-refractivity contribution in [1.29, 1.82) is 0 Å². The minimum Gasteiger partial charge on any atom is -0.493 e. The van der Waals surface area contributed by atoms with Gasteiger partial charge in [0.15, 0.2) is 11.5 Å². The highest BCUT2D eigenvalue weighted by atomic mass is 16.5. The lowest BCUT2D eigenvalue weighted by atomic mass is 10.1. The third-order valence-corrected chi connectivity index (χ3v) is 4.45. The van der Waals surface area contributed by atoms with E-state index in [4.69, 9.17) is 19.3 Å². The van der Waals surface area contributed by atoms with E-state index in [0.717, 1.165) is 12.8 Å². The molecule has 0 heterocycles. The Morgan fingerprint density at radius 2 is 1.31 bits per heavy atom. The fraction of sp³-hybridized carbons (Fsp3) is 0.667. The third kappa shape index (κ3) is 7.98. The molecule has 0 radical (unpaired) electrons. The van der Waals surface area contributed by atoms with Crippen molar-refractivity contribution in [2.45, 2.75) is 71.1 Å². The predicted octanol–water partition coefficient (Wildman–Crippen LogP) is 5.70. The maximum Gasteiger partial charge on any atom is 0.335 e. The summed E-state index contributed by atoms with van der Waals surface area (Å²) in [6.07, 6.45) is 12.7. The van der Waals surface area contributed by atoms with Gasteiger partial charge in [0.1, 0.15) is 0 Å². The molecule has 0 saturated carbocycles. The molecule has 0 bridgehead atoms. The Hall–Kier alpha value is -1.91. The first-order valence-electron chi connectivity index (χ1n) is 9.76. The van der Waals surface area contributed by atoms with Crippen molar-refractivity contribution in [2.24, 2.45) is 0 Å². The Balaban J connectivity index is 2.31. The van der Waals surface area contributed by atoms with Crippen LogP contribution in [0.5, 0.6) is 17.2 Å². The summed E-state index contributed by atoms with van der Waals surface area (Å²) < 4.78 is 16.3.